The third kappa shape index (κ3) is 3.21. The molecule has 0 saturated carbocycles. The summed E-state index contributed by atoms with van der Waals surface area (Å²) in [4.78, 5) is 26.2. The molecule has 0 atom stereocenters. The summed E-state index contributed by atoms with van der Waals surface area (Å²) in [6.45, 7) is 0. The molecule has 0 bridgehead atoms. The smallest absolute Gasteiger partial charge is 0.270 e. The molecule has 1 heterocycles. The number of hydrogen-bond acceptors (Lipinski definition) is 5. The average Bonchev–Trinajstić information content (AvgIpc) is 3.10. The Morgan fingerprint density at radius 1 is 1.17 bits per heavy atom. The topological polar surface area (TPSA) is 103 Å². The highest BCUT2D eigenvalue weighted by atomic mass is 16.6. The van der Waals surface area contributed by atoms with E-state index in [4.69, 9.17) is 0 Å². The lowest BCUT2D eigenvalue weighted by molar-refractivity contribution is -0.384. The summed E-state index contributed by atoms with van der Waals surface area (Å²) in [6, 6.07) is 12.5. The summed E-state index contributed by atoms with van der Waals surface area (Å²) in [7, 11) is 0. The van der Waals surface area contributed by atoms with E-state index < -0.39 is 10.8 Å². The molecule has 0 unspecified atom stereocenters. The Morgan fingerprint density at radius 3 is 2.61 bits per heavy atom. The number of amides is 1. The normalized spacial score (nSPS) is 10.3. The molecule has 0 aliphatic carbocycles. The summed E-state index contributed by atoms with van der Waals surface area (Å²) in [5.74, 6) is -0.415. The second kappa shape index (κ2) is 6.06. The molecule has 114 valence electrons. The summed E-state index contributed by atoms with van der Waals surface area (Å²) < 4.78 is 1.59. The van der Waals surface area contributed by atoms with Gasteiger partial charge in [-0.2, -0.15) is 5.10 Å². The molecule has 0 fully saturated rings. The molecule has 1 N–H and O–H groups in total. The zero-order valence-electron chi connectivity index (χ0n) is 11.8. The third-order valence-electron chi connectivity index (χ3n) is 3.13. The number of nitrogens with zero attached hydrogens (tertiary/aromatic N) is 4. The first-order valence-corrected chi connectivity index (χ1v) is 6.64. The van der Waals surface area contributed by atoms with Gasteiger partial charge in [-0.1, -0.05) is 6.07 Å². The van der Waals surface area contributed by atoms with Crippen molar-refractivity contribution in [3.05, 3.63) is 76.9 Å². The maximum atomic E-state index is 12.1. The van der Waals surface area contributed by atoms with E-state index >= 15 is 0 Å². The van der Waals surface area contributed by atoms with Crippen LogP contribution in [0.3, 0.4) is 0 Å². The van der Waals surface area contributed by atoms with Gasteiger partial charge in [-0.25, -0.2) is 9.67 Å². The SMILES string of the molecule is O=C(Nc1ccc(-n2cncn2)cc1)c1cccc([N+](=O)[O-])c1. The largest absolute Gasteiger partial charge is 0.322 e. The van der Waals surface area contributed by atoms with Crippen molar-refractivity contribution in [3.63, 3.8) is 0 Å². The van der Waals surface area contributed by atoms with Gasteiger partial charge in [0.15, 0.2) is 0 Å². The molecule has 1 aromatic heterocycles. The number of benzene rings is 2. The summed E-state index contributed by atoms with van der Waals surface area (Å²) in [5.41, 5.74) is 1.47. The number of carbonyl (C=O) groups is 1. The summed E-state index contributed by atoms with van der Waals surface area (Å²) in [5, 5.41) is 17.4. The highest BCUT2D eigenvalue weighted by Crippen LogP contribution is 2.16. The van der Waals surface area contributed by atoms with Crippen LogP contribution in [0.1, 0.15) is 10.4 Å². The standard InChI is InChI=1S/C15H11N5O3/c21-15(11-2-1-3-14(8-11)20(22)23)18-12-4-6-13(7-5-12)19-10-16-9-17-19/h1-10H,(H,18,21). The van der Waals surface area contributed by atoms with Gasteiger partial charge in [0.1, 0.15) is 12.7 Å². The molecule has 0 aliphatic heterocycles. The molecule has 8 heteroatoms. The minimum Gasteiger partial charge on any atom is -0.322 e. The number of hydrogen-bond donors (Lipinski definition) is 1. The number of nitro groups is 1. The van der Waals surface area contributed by atoms with E-state index in [0.29, 0.717) is 5.69 Å². The summed E-state index contributed by atoms with van der Waals surface area (Å²) in [6.07, 6.45) is 2.99. The lowest BCUT2D eigenvalue weighted by atomic mass is 10.2. The predicted molar refractivity (Wildman–Crippen MR) is 82.4 cm³/mol. The zero-order chi connectivity index (χ0) is 16.2. The van der Waals surface area contributed by atoms with Gasteiger partial charge in [0.2, 0.25) is 0 Å². The van der Waals surface area contributed by atoms with Gasteiger partial charge in [0, 0.05) is 23.4 Å². The van der Waals surface area contributed by atoms with Gasteiger partial charge < -0.3 is 5.32 Å². The van der Waals surface area contributed by atoms with Gasteiger partial charge in [-0.15, -0.1) is 0 Å². The fourth-order valence-electron chi connectivity index (χ4n) is 2.00. The van der Waals surface area contributed by atoms with Gasteiger partial charge >= 0.3 is 0 Å². The van der Waals surface area contributed by atoms with Gasteiger partial charge in [0.25, 0.3) is 11.6 Å². The van der Waals surface area contributed by atoms with E-state index in [1.807, 2.05) is 0 Å². The maximum absolute atomic E-state index is 12.1. The molecule has 23 heavy (non-hydrogen) atoms. The lowest BCUT2D eigenvalue weighted by Crippen LogP contribution is -2.12. The highest BCUT2D eigenvalue weighted by molar-refractivity contribution is 6.04. The molecule has 3 aromatic rings. The average molecular weight is 309 g/mol. The predicted octanol–water partition coefficient (Wildman–Crippen LogP) is 2.43. The van der Waals surface area contributed by atoms with Crippen LogP contribution in [-0.4, -0.2) is 25.6 Å². The fraction of sp³-hybridized carbons (Fsp3) is 0. The number of carbonyl (C=O) groups excluding carboxylic acids is 1. The first-order chi connectivity index (χ1) is 11.1. The van der Waals surface area contributed by atoms with Crippen molar-refractivity contribution in [3.8, 4) is 5.69 Å². The second-order valence-electron chi connectivity index (χ2n) is 4.65. The van der Waals surface area contributed by atoms with Gasteiger partial charge in [-0.3, -0.25) is 14.9 Å². The molecule has 0 radical (unpaired) electrons. The van der Waals surface area contributed by atoms with E-state index in [9.17, 15) is 14.9 Å². The zero-order valence-corrected chi connectivity index (χ0v) is 11.8. The van der Waals surface area contributed by atoms with Crippen LogP contribution < -0.4 is 5.32 Å². The monoisotopic (exact) mass is 309 g/mol. The van der Waals surface area contributed by atoms with Crippen LogP contribution >= 0.6 is 0 Å². The Balaban J connectivity index is 1.75. The second-order valence-corrected chi connectivity index (χ2v) is 4.65. The highest BCUT2D eigenvalue weighted by Gasteiger charge is 2.11. The number of nitrogens with one attached hydrogen (secondary N) is 1. The third-order valence-corrected chi connectivity index (χ3v) is 3.13. The van der Waals surface area contributed by atoms with E-state index in [2.05, 4.69) is 15.4 Å². The molecular weight excluding hydrogens is 298 g/mol. The van der Waals surface area contributed by atoms with Crippen LogP contribution in [0.2, 0.25) is 0 Å². The first-order valence-electron chi connectivity index (χ1n) is 6.64. The van der Waals surface area contributed by atoms with E-state index in [-0.39, 0.29) is 11.3 Å². The molecule has 0 spiro atoms. The minimum absolute atomic E-state index is 0.126. The van der Waals surface area contributed by atoms with E-state index in [1.54, 1.807) is 35.3 Å². The Morgan fingerprint density at radius 2 is 1.96 bits per heavy atom. The van der Waals surface area contributed by atoms with Crippen LogP contribution in [0, 0.1) is 10.1 Å². The van der Waals surface area contributed by atoms with Crippen molar-refractivity contribution in [2.45, 2.75) is 0 Å². The van der Waals surface area contributed by atoms with Crippen molar-refractivity contribution >= 4 is 17.3 Å². The Bertz CT molecular complexity index is 844. The van der Waals surface area contributed by atoms with Crippen molar-refractivity contribution in [1.82, 2.24) is 14.8 Å². The Labute approximate surface area is 130 Å². The Kier molecular flexibility index (Phi) is 3.79. The molecule has 1 amide bonds. The van der Waals surface area contributed by atoms with Crippen LogP contribution in [0.5, 0.6) is 0 Å². The van der Waals surface area contributed by atoms with Crippen LogP contribution in [0.15, 0.2) is 61.2 Å². The quantitative estimate of drug-likeness (QED) is 0.589. The van der Waals surface area contributed by atoms with Crippen molar-refractivity contribution in [2.75, 3.05) is 5.32 Å². The fourth-order valence-corrected chi connectivity index (χ4v) is 2.00. The van der Waals surface area contributed by atoms with Crippen molar-refractivity contribution < 1.29 is 9.72 Å². The molecule has 0 saturated heterocycles. The van der Waals surface area contributed by atoms with Crippen molar-refractivity contribution in [1.29, 1.82) is 0 Å². The van der Waals surface area contributed by atoms with E-state index in [0.717, 1.165) is 5.69 Å². The molecule has 0 aliphatic rings. The molecule has 2 aromatic carbocycles. The van der Waals surface area contributed by atoms with Crippen LogP contribution in [0.4, 0.5) is 11.4 Å². The lowest BCUT2D eigenvalue weighted by Gasteiger charge is -2.06. The van der Waals surface area contributed by atoms with Crippen LogP contribution in [-0.2, 0) is 0 Å². The molecule has 3 rings (SSSR count). The molecule has 8 nitrogen and oxygen atoms in total. The van der Waals surface area contributed by atoms with E-state index in [1.165, 1.54) is 30.6 Å². The van der Waals surface area contributed by atoms with Crippen LogP contribution in [0.25, 0.3) is 5.69 Å². The van der Waals surface area contributed by atoms with Gasteiger partial charge in [0.05, 0.1) is 10.6 Å². The number of anilines is 1. The number of rotatable bonds is 4. The summed E-state index contributed by atoms with van der Waals surface area (Å²) >= 11 is 0. The molecular formula is C15H11N5O3. The van der Waals surface area contributed by atoms with Gasteiger partial charge in [-0.05, 0) is 30.3 Å². The maximum Gasteiger partial charge on any atom is 0.270 e. The number of nitro benzene ring substituents is 1. The minimum atomic E-state index is -0.538. The van der Waals surface area contributed by atoms with Crippen molar-refractivity contribution in [2.24, 2.45) is 0 Å². The number of aromatic nitrogens is 3. The first kappa shape index (κ1) is 14.4. The Hall–Kier alpha value is -3.55. The number of non-ortho nitro benzene ring substituents is 1.